The summed E-state index contributed by atoms with van der Waals surface area (Å²) in [6, 6.07) is 70.5. The van der Waals surface area contributed by atoms with E-state index in [1.54, 1.807) is 0 Å². The summed E-state index contributed by atoms with van der Waals surface area (Å²) in [4.78, 5) is 5.19. The molecule has 0 fully saturated rings. The molecule has 0 amide bonds. The summed E-state index contributed by atoms with van der Waals surface area (Å²) in [5, 5.41) is 6.36. The van der Waals surface area contributed by atoms with E-state index < -0.39 is 0 Å². The Morgan fingerprint density at radius 3 is 1.98 bits per heavy atom. The molecule has 0 radical (unpaired) electrons. The van der Waals surface area contributed by atoms with Gasteiger partial charge in [0.25, 0.3) is 0 Å². The van der Waals surface area contributed by atoms with Crippen molar-refractivity contribution in [3.05, 3.63) is 212 Å². The molecule has 0 aliphatic carbocycles. The normalized spacial score (nSPS) is 11.8. The van der Waals surface area contributed by atoms with Crippen LogP contribution in [-0.2, 0) is 26.5 Å². The van der Waals surface area contributed by atoms with Gasteiger partial charge in [-0.3, -0.25) is 0 Å². The molecule has 8 aromatic carbocycles. The third-order valence-corrected chi connectivity index (χ3v) is 12.2. The zero-order valence-corrected chi connectivity index (χ0v) is 38.2. The van der Waals surface area contributed by atoms with Crippen LogP contribution in [-0.4, -0.2) is 18.5 Å². The Morgan fingerprint density at radius 2 is 1.20 bits per heavy atom. The monoisotopic (exact) mass is 1020 g/mol. The third-order valence-electron chi connectivity index (χ3n) is 12.2. The van der Waals surface area contributed by atoms with Crippen molar-refractivity contribution in [3.8, 4) is 22.5 Å². The van der Waals surface area contributed by atoms with Crippen molar-refractivity contribution >= 4 is 82.4 Å². The standard InChI is InChI=1S/C58H41N4O2.Pt/c1-58(2,3)51-35-56-59-36-50(51)40-18-12-21-43(32-40)63-42-20-11-17-39(31-42)47-25-14-24-46(38-15-5-4-6-16-38)57(47)61-37-60(53-27-9-10-28-54(53)61)41-19-13-22-44(33-41)64-45-29-30-49-48-23-7-8-26-52(48)62(56)55(49)34-45;/h4-32,35-37H,1-3H3;/q-3;. The van der Waals surface area contributed by atoms with Crippen molar-refractivity contribution in [1.29, 1.82) is 0 Å². The maximum Gasteiger partial charge on any atom is 0.135 e. The van der Waals surface area contributed by atoms with Gasteiger partial charge >= 0.3 is 0 Å². The number of imidazole rings is 1. The SMILES string of the molecule is CC(C)(C)c1cc2ncc1c1cccc(c1)oc1cccc(c1)c1cccc(-c3ccccc3)c1n1[cH-]n(c3[c-]c(ccc3)oc3[c-]c4c(cc3)c3ccccc3n24)-c2ccccc2-1.[Pt]. The van der Waals surface area contributed by atoms with Crippen molar-refractivity contribution in [1.82, 2.24) is 18.5 Å². The minimum absolute atomic E-state index is 0. The largest absolute Gasteiger partial charge is 0.510 e. The van der Waals surface area contributed by atoms with E-state index in [2.05, 4.69) is 204 Å². The summed E-state index contributed by atoms with van der Waals surface area (Å²) in [5.41, 5.74) is 12.5. The molecule has 318 valence electrons. The van der Waals surface area contributed by atoms with Crippen LogP contribution < -0.4 is 0 Å². The van der Waals surface area contributed by atoms with Crippen molar-refractivity contribution in [3.63, 3.8) is 0 Å². The Labute approximate surface area is 389 Å². The molecule has 5 heterocycles. The topological polar surface area (TPSA) is 53.4 Å². The first-order valence-electron chi connectivity index (χ1n) is 21.6. The first kappa shape index (κ1) is 40.3. The maximum absolute atomic E-state index is 6.76. The minimum Gasteiger partial charge on any atom is -0.510 e. The van der Waals surface area contributed by atoms with Gasteiger partial charge in [-0.15, -0.1) is 29.1 Å². The van der Waals surface area contributed by atoms with Gasteiger partial charge in [-0.05, 0) is 96.9 Å². The number of hydrogen-bond donors (Lipinski definition) is 0. The Balaban J connectivity index is 0.00000469. The van der Waals surface area contributed by atoms with Gasteiger partial charge in [0.15, 0.2) is 0 Å². The van der Waals surface area contributed by atoms with E-state index in [0.717, 1.165) is 93.7 Å². The Bertz CT molecular complexity index is 3960. The number of hydrogen-bond acceptors (Lipinski definition) is 3. The molecule has 7 heteroatoms. The average Bonchev–Trinajstić information content (AvgIpc) is 3.87. The number of para-hydroxylation sites is 4. The van der Waals surface area contributed by atoms with Crippen molar-refractivity contribution in [2.24, 2.45) is 0 Å². The third kappa shape index (κ3) is 7.02. The van der Waals surface area contributed by atoms with E-state index >= 15 is 0 Å². The van der Waals surface area contributed by atoms with Gasteiger partial charge in [-0.2, -0.15) is 24.3 Å². The maximum atomic E-state index is 6.76. The molecule has 0 saturated heterocycles. The van der Waals surface area contributed by atoms with E-state index in [9.17, 15) is 0 Å². The van der Waals surface area contributed by atoms with Crippen LogP contribution in [0.1, 0.15) is 26.3 Å². The molecule has 0 spiro atoms. The second-order valence-corrected chi connectivity index (χ2v) is 17.3. The predicted molar refractivity (Wildman–Crippen MR) is 262 cm³/mol. The number of rotatable bonds is 1. The molecular formula is C58H41N4O2Pt-3. The van der Waals surface area contributed by atoms with Gasteiger partial charge in [0.1, 0.15) is 16.8 Å². The van der Waals surface area contributed by atoms with E-state index in [-0.39, 0.29) is 26.5 Å². The molecule has 0 unspecified atom stereocenters. The molecule has 1 aliphatic rings. The Kier molecular flexibility index (Phi) is 9.86. The summed E-state index contributed by atoms with van der Waals surface area (Å²) < 4.78 is 20.1. The quantitative estimate of drug-likeness (QED) is 0.154. The first-order valence-corrected chi connectivity index (χ1v) is 21.6. The van der Waals surface area contributed by atoms with Gasteiger partial charge in [0.2, 0.25) is 0 Å². The second-order valence-electron chi connectivity index (χ2n) is 17.3. The fourth-order valence-corrected chi connectivity index (χ4v) is 9.30. The molecule has 0 N–H and O–H groups in total. The van der Waals surface area contributed by atoms with E-state index in [4.69, 9.17) is 13.8 Å². The Hall–Kier alpha value is -7.53. The summed E-state index contributed by atoms with van der Waals surface area (Å²) in [5.74, 6) is 0. The van der Waals surface area contributed by atoms with Crippen LogP contribution in [0.15, 0.2) is 203 Å². The van der Waals surface area contributed by atoms with Crippen LogP contribution >= 0.6 is 0 Å². The zero-order valence-electron chi connectivity index (χ0n) is 35.9. The van der Waals surface area contributed by atoms with Crippen molar-refractivity contribution in [2.45, 2.75) is 26.2 Å². The summed E-state index contributed by atoms with van der Waals surface area (Å²) >= 11 is 0. The molecule has 1 aliphatic heterocycles. The fraction of sp³-hybridized carbons (Fsp3) is 0.0690. The van der Waals surface area contributed by atoms with Crippen LogP contribution in [0, 0.1) is 12.1 Å². The number of aromatic nitrogens is 4. The van der Waals surface area contributed by atoms with Gasteiger partial charge in [-0.1, -0.05) is 142 Å². The minimum atomic E-state index is -0.213. The molecule has 65 heavy (non-hydrogen) atoms. The van der Waals surface area contributed by atoms with E-state index in [0.29, 0.717) is 11.2 Å². The van der Waals surface area contributed by atoms with Crippen LogP contribution in [0.5, 0.6) is 0 Å². The van der Waals surface area contributed by atoms with E-state index in [1.165, 1.54) is 5.56 Å². The molecule has 13 rings (SSSR count). The summed E-state index contributed by atoms with van der Waals surface area (Å²) in [6.07, 6.45) is 4.17. The van der Waals surface area contributed by atoms with Crippen molar-refractivity contribution in [2.75, 3.05) is 0 Å². The van der Waals surface area contributed by atoms with Crippen LogP contribution in [0.4, 0.5) is 0 Å². The fourth-order valence-electron chi connectivity index (χ4n) is 9.30. The number of benzene rings is 8. The smallest absolute Gasteiger partial charge is 0.135 e. The molecule has 6 nitrogen and oxygen atoms in total. The number of fused-ring (bicyclic) bond motifs is 5. The predicted octanol–water partition coefficient (Wildman–Crippen LogP) is 15.3. The Morgan fingerprint density at radius 1 is 0.538 bits per heavy atom. The molecule has 4 aromatic heterocycles. The van der Waals surface area contributed by atoms with Gasteiger partial charge < -0.3 is 22.4 Å². The zero-order chi connectivity index (χ0) is 42.9. The summed E-state index contributed by atoms with van der Waals surface area (Å²) in [6.45, 7) is 6.75. The molecule has 12 aromatic rings. The second kappa shape index (κ2) is 15.9. The first-order chi connectivity index (χ1) is 31.3. The molecule has 0 saturated carbocycles. The number of nitrogens with zero attached hydrogens (tertiary/aromatic N) is 4. The molecule has 12 bridgehead atoms. The number of pyridine rings is 1. The van der Waals surface area contributed by atoms with Gasteiger partial charge in [0.05, 0.1) is 0 Å². The van der Waals surface area contributed by atoms with Gasteiger partial charge in [-0.25, -0.2) is 4.98 Å². The van der Waals surface area contributed by atoms with Crippen LogP contribution in [0.2, 0.25) is 0 Å². The van der Waals surface area contributed by atoms with E-state index in [1.807, 2.05) is 36.5 Å². The van der Waals surface area contributed by atoms with Crippen molar-refractivity contribution < 1.29 is 29.9 Å². The molecule has 0 atom stereocenters. The summed E-state index contributed by atoms with van der Waals surface area (Å²) in [7, 11) is 0. The van der Waals surface area contributed by atoms with Crippen LogP contribution in [0.25, 0.3) is 105 Å². The van der Waals surface area contributed by atoms with Crippen LogP contribution in [0.3, 0.4) is 0 Å². The molecular weight excluding hydrogens is 980 g/mol. The van der Waals surface area contributed by atoms with Gasteiger partial charge in [0, 0.05) is 55.7 Å². The average molecular weight is 1020 g/mol.